The fourth-order valence-corrected chi connectivity index (χ4v) is 4.16. The van der Waals surface area contributed by atoms with Gasteiger partial charge in [0.05, 0.1) is 13.0 Å². The van der Waals surface area contributed by atoms with Crippen molar-refractivity contribution in [2.45, 2.75) is 18.9 Å². The van der Waals surface area contributed by atoms with E-state index in [-0.39, 0.29) is 51.1 Å². The molecule has 8 heteroatoms. The molecular weight excluding hydrogens is 392 g/mol. The van der Waals surface area contributed by atoms with Gasteiger partial charge in [-0.3, -0.25) is 9.59 Å². The molecule has 2 atom stereocenters. The molecule has 152 valence electrons. The summed E-state index contributed by atoms with van der Waals surface area (Å²) in [4.78, 5) is 25.1. The standard InChI is InChI=1S/C22H16O8/c1-8-16-18-15(30-22(16)21(27)19(8)25)7-14-17(20(18)26)11(24)6-13(29-14)9-3-4-12(28-2)10(23)5-9/h3-7,16,22-23,25-26H,1-2H3/t16-,22+/m0/s1. The van der Waals surface area contributed by atoms with Crippen LogP contribution in [0.1, 0.15) is 18.4 Å². The van der Waals surface area contributed by atoms with Crippen LogP contribution in [0.4, 0.5) is 0 Å². The highest BCUT2D eigenvalue weighted by Crippen LogP contribution is 2.53. The molecule has 3 aromatic rings. The second-order valence-corrected chi connectivity index (χ2v) is 7.28. The van der Waals surface area contributed by atoms with Gasteiger partial charge in [-0.25, -0.2) is 0 Å². The fourth-order valence-electron chi connectivity index (χ4n) is 4.16. The van der Waals surface area contributed by atoms with Gasteiger partial charge in [-0.15, -0.1) is 0 Å². The van der Waals surface area contributed by atoms with Gasteiger partial charge in [0, 0.05) is 23.3 Å². The van der Waals surface area contributed by atoms with Crippen LogP contribution in [0.5, 0.6) is 23.0 Å². The summed E-state index contributed by atoms with van der Waals surface area (Å²) in [5, 5.41) is 30.7. The molecule has 1 aliphatic carbocycles. The lowest BCUT2D eigenvalue weighted by atomic mass is 9.91. The van der Waals surface area contributed by atoms with E-state index in [4.69, 9.17) is 13.9 Å². The number of aromatic hydroxyl groups is 2. The van der Waals surface area contributed by atoms with Gasteiger partial charge in [0.15, 0.2) is 28.8 Å². The third kappa shape index (κ3) is 2.27. The minimum absolute atomic E-state index is 0.0499. The van der Waals surface area contributed by atoms with E-state index in [0.29, 0.717) is 11.1 Å². The lowest BCUT2D eigenvalue weighted by molar-refractivity contribution is -0.122. The number of carbonyl (C=O) groups excluding carboxylic acids is 1. The van der Waals surface area contributed by atoms with Crippen molar-refractivity contribution in [2.75, 3.05) is 7.11 Å². The van der Waals surface area contributed by atoms with Crippen molar-refractivity contribution in [1.82, 2.24) is 0 Å². The van der Waals surface area contributed by atoms with E-state index in [0.717, 1.165) is 0 Å². The topological polar surface area (TPSA) is 126 Å². The summed E-state index contributed by atoms with van der Waals surface area (Å²) in [6.07, 6.45) is -0.976. The van der Waals surface area contributed by atoms with E-state index in [9.17, 15) is 24.9 Å². The minimum Gasteiger partial charge on any atom is -0.507 e. The number of phenolic OH excluding ortho intramolecular Hbond substituents is 2. The highest BCUT2D eigenvalue weighted by Gasteiger charge is 2.50. The van der Waals surface area contributed by atoms with Gasteiger partial charge in [-0.05, 0) is 30.7 Å². The first kappa shape index (κ1) is 18.1. The Hall–Kier alpha value is -3.94. The van der Waals surface area contributed by atoms with Crippen LogP contribution in [-0.4, -0.2) is 34.3 Å². The van der Waals surface area contributed by atoms with E-state index in [1.165, 1.54) is 31.4 Å². The van der Waals surface area contributed by atoms with Crippen LogP contribution in [0.25, 0.3) is 22.3 Å². The number of ether oxygens (including phenoxy) is 2. The molecule has 3 N–H and O–H groups in total. The van der Waals surface area contributed by atoms with Crippen LogP contribution >= 0.6 is 0 Å². The third-order valence-electron chi connectivity index (χ3n) is 5.66. The molecule has 1 aromatic heterocycles. The Balaban J connectivity index is 1.71. The summed E-state index contributed by atoms with van der Waals surface area (Å²) in [7, 11) is 1.42. The molecule has 8 nitrogen and oxygen atoms in total. The maximum absolute atomic E-state index is 12.8. The zero-order chi connectivity index (χ0) is 21.3. The van der Waals surface area contributed by atoms with Crippen LogP contribution in [-0.2, 0) is 4.79 Å². The highest BCUT2D eigenvalue weighted by atomic mass is 16.5. The van der Waals surface area contributed by atoms with Gasteiger partial charge < -0.3 is 29.2 Å². The van der Waals surface area contributed by atoms with E-state index in [1.54, 1.807) is 13.0 Å². The van der Waals surface area contributed by atoms with E-state index in [1.807, 2.05) is 0 Å². The Bertz CT molecular complexity index is 1350. The first-order valence-electron chi connectivity index (χ1n) is 9.13. The number of benzene rings is 2. The molecule has 0 bridgehead atoms. The van der Waals surface area contributed by atoms with Crippen LogP contribution < -0.4 is 14.9 Å². The summed E-state index contributed by atoms with van der Waals surface area (Å²) in [5.41, 5.74) is 0.671. The van der Waals surface area contributed by atoms with Gasteiger partial charge in [-0.2, -0.15) is 0 Å². The highest BCUT2D eigenvalue weighted by molar-refractivity contribution is 6.04. The largest absolute Gasteiger partial charge is 0.507 e. The van der Waals surface area contributed by atoms with Crippen molar-refractivity contribution < 1.29 is 34.0 Å². The van der Waals surface area contributed by atoms with Crippen LogP contribution in [0.15, 0.2) is 50.9 Å². The van der Waals surface area contributed by atoms with Gasteiger partial charge in [-0.1, -0.05) is 0 Å². The van der Waals surface area contributed by atoms with Crippen molar-refractivity contribution in [1.29, 1.82) is 0 Å². The number of carbonyl (C=O) groups is 1. The molecule has 2 heterocycles. The van der Waals surface area contributed by atoms with Crippen LogP contribution in [0.2, 0.25) is 0 Å². The SMILES string of the molecule is COc1ccc(-c2cc(=O)c3c(O)c4c(cc3o2)O[C@H]2C(=O)C(O)=C(C)[C@@H]42)cc1O. The molecular formula is C22H16O8. The number of fused-ring (bicyclic) bond motifs is 4. The number of methoxy groups -OCH3 is 1. The molecule has 1 aliphatic heterocycles. The number of aliphatic hydroxyl groups excluding tert-OH is 1. The molecule has 2 aliphatic rings. The Labute approximate surface area is 169 Å². The van der Waals surface area contributed by atoms with Gasteiger partial charge in [0.25, 0.3) is 0 Å². The average molecular weight is 408 g/mol. The second-order valence-electron chi connectivity index (χ2n) is 7.28. The van der Waals surface area contributed by atoms with Crippen molar-refractivity contribution in [3.05, 3.63) is 57.5 Å². The van der Waals surface area contributed by atoms with Crippen LogP contribution in [0.3, 0.4) is 0 Å². The number of ketones is 1. The summed E-state index contributed by atoms with van der Waals surface area (Å²) in [6, 6.07) is 7.21. The predicted octanol–water partition coefficient (Wildman–Crippen LogP) is 3.14. The molecule has 30 heavy (non-hydrogen) atoms. The normalized spacial score (nSPS) is 19.7. The predicted molar refractivity (Wildman–Crippen MR) is 105 cm³/mol. The number of rotatable bonds is 2. The van der Waals surface area contributed by atoms with E-state index in [2.05, 4.69) is 0 Å². The fraction of sp³-hybridized carbons (Fsp3) is 0.182. The summed E-state index contributed by atoms with van der Waals surface area (Å²) in [5.74, 6) is -1.40. The van der Waals surface area contributed by atoms with E-state index >= 15 is 0 Å². The summed E-state index contributed by atoms with van der Waals surface area (Å²) < 4.78 is 16.5. The zero-order valence-corrected chi connectivity index (χ0v) is 15.9. The summed E-state index contributed by atoms with van der Waals surface area (Å²) in [6.45, 7) is 1.59. The Morgan fingerprint density at radius 2 is 1.83 bits per heavy atom. The number of phenols is 2. The molecule has 0 unspecified atom stereocenters. The zero-order valence-electron chi connectivity index (χ0n) is 15.9. The van der Waals surface area contributed by atoms with Gasteiger partial charge in [0.1, 0.15) is 28.2 Å². The lowest BCUT2D eigenvalue weighted by Gasteiger charge is -2.11. The van der Waals surface area contributed by atoms with Crippen LogP contribution in [0, 0.1) is 0 Å². The van der Waals surface area contributed by atoms with Crippen molar-refractivity contribution in [3.63, 3.8) is 0 Å². The Kier molecular flexibility index (Phi) is 3.64. The number of Topliss-reactive ketones (excluding diaryl/α,β-unsaturated/α-hetero) is 1. The van der Waals surface area contributed by atoms with Crippen molar-refractivity contribution >= 4 is 16.8 Å². The first-order chi connectivity index (χ1) is 14.3. The smallest absolute Gasteiger partial charge is 0.238 e. The molecule has 0 radical (unpaired) electrons. The van der Waals surface area contributed by atoms with Gasteiger partial charge >= 0.3 is 0 Å². The maximum Gasteiger partial charge on any atom is 0.238 e. The monoisotopic (exact) mass is 408 g/mol. The number of hydrogen-bond acceptors (Lipinski definition) is 8. The van der Waals surface area contributed by atoms with Gasteiger partial charge in [0.2, 0.25) is 5.78 Å². The maximum atomic E-state index is 12.8. The molecule has 0 amide bonds. The minimum atomic E-state index is -0.976. The van der Waals surface area contributed by atoms with E-state index < -0.39 is 23.2 Å². The van der Waals surface area contributed by atoms with Crippen molar-refractivity contribution in [3.8, 4) is 34.3 Å². The Morgan fingerprint density at radius 3 is 2.53 bits per heavy atom. The molecule has 0 spiro atoms. The average Bonchev–Trinajstić information content (AvgIpc) is 3.19. The molecule has 0 saturated carbocycles. The Morgan fingerprint density at radius 1 is 1.07 bits per heavy atom. The third-order valence-corrected chi connectivity index (χ3v) is 5.66. The first-order valence-corrected chi connectivity index (χ1v) is 9.13. The lowest BCUT2D eigenvalue weighted by Crippen LogP contribution is -2.24. The molecule has 0 fully saturated rings. The number of aliphatic hydroxyl groups is 1. The number of hydrogen-bond donors (Lipinski definition) is 3. The quantitative estimate of drug-likeness (QED) is 0.590. The second kappa shape index (κ2) is 6.03. The molecule has 2 aromatic carbocycles. The summed E-state index contributed by atoms with van der Waals surface area (Å²) >= 11 is 0. The molecule has 5 rings (SSSR count). The molecule has 0 saturated heterocycles. The van der Waals surface area contributed by atoms with Crippen molar-refractivity contribution in [2.24, 2.45) is 0 Å².